The van der Waals surface area contributed by atoms with E-state index in [1.165, 1.54) is 16.4 Å². The van der Waals surface area contributed by atoms with Gasteiger partial charge in [0.15, 0.2) is 0 Å². The molecule has 0 atom stereocenters. The number of rotatable bonds is 6. The SMILES string of the molecule is O=C(NCc1cccc(F)c1)C1CCN(S(=O)(=O)Cc2ccccc2Cl)CC1. The van der Waals surface area contributed by atoms with Crippen molar-refractivity contribution in [2.24, 2.45) is 5.92 Å². The third-order valence-corrected chi connectivity index (χ3v) is 7.07. The zero-order valence-electron chi connectivity index (χ0n) is 15.3. The van der Waals surface area contributed by atoms with E-state index in [0.717, 1.165) is 0 Å². The van der Waals surface area contributed by atoms with Gasteiger partial charge in [0, 0.05) is 30.6 Å². The zero-order valence-corrected chi connectivity index (χ0v) is 16.8. The molecule has 2 aromatic rings. The monoisotopic (exact) mass is 424 g/mol. The molecular weight excluding hydrogens is 403 g/mol. The van der Waals surface area contributed by atoms with Crippen molar-refractivity contribution in [3.8, 4) is 0 Å². The maximum atomic E-state index is 13.2. The van der Waals surface area contributed by atoms with Crippen LogP contribution >= 0.6 is 11.6 Å². The molecule has 1 aliphatic heterocycles. The van der Waals surface area contributed by atoms with E-state index in [4.69, 9.17) is 11.6 Å². The highest BCUT2D eigenvalue weighted by atomic mass is 35.5. The fraction of sp³-hybridized carbons (Fsp3) is 0.350. The van der Waals surface area contributed by atoms with Gasteiger partial charge in [-0.3, -0.25) is 4.79 Å². The predicted molar refractivity (Wildman–Crippen MR) is 107 cm³/mol. The number of nitrogens with one attached hydrogen (secondary N) is 1. The minimum Gasteiger partial charge on any atom is -0.352 e. The maximum absolute atomic E-state index is 13.2. The molecule has 1 saturated heterocycles. The lowest BCUT2D eigenvalue weighted by molar-refractivity contribution is -0.126. The van der Waals surface area contributed by atoms with Crippen molar-refractivity contribution in [3.05, 3.63) is 70.5 Å². The van der Waals surface area contributed by atoms with E-state index in [9.17, 15) is 17.6 Å². The van der Waals surface area contributed by atoms with Crippen LogP contribution in [0.1, 0.15) is 24.0 Å². The fourth-order valence-corrected chi connectivity index (χ4v) is 5.16. The second-order valence-corrected chi connectivity index (χ2v) is 9.24. The Kier molecular flexibility index (Phi) is 6.69. The molecule has 0 aliphatic carbocycles. The average molecular weight is 425 g/mol. The number of piperidine rings is 1. The summed E-state index contributed by atoms with van der Waals surface area (Å²) in [5.41, 5.74) is 1.26. The Morgan fingerprint density at radius 1 is 1.14 bits per heavy atom. The number of hydrogen-bond donors (Lipinski definition) is 1. The summed E-state index contributed by atoms with van der Waals surface area (Å²) in [5, 5.41) is 3.23. The molecule has 0 bridgehead atoms. The van der Waals surface area contributed by atoms with Gasteiger partial charge in [0.2, 0.25) is 15.9 Å². The third kappa shape index (κ3) is 5.31. The Hall–Kier alpha value is -1.96. The van der Waals surface area contributed by atoms with Gasteiger partial charge < -0.3 is 5.32 Å². The van der Waals surface area contributed by atoms with Gasteiger partial charge in [-0.25, -0.2) is 17.1 Å². The van der Waals surface area contributed by atoms with Gasteiger partial charge in [-0.1, -0.05) is 41.9 Å². The van der Waals surface area contributed by atoms with Gasteiger partial charge in [-0.05, 0) is 42.2 Å². The minimum atomic E-state index is -3.49. The smallest absolute Gasteiger partial charge is 0.223 e. The molecule has 1 N–H and O–H groups in total. The number of carbonyl (C=O) groups is 1. The number of sulfonamides is 1. The van der Waals surface area contributed by atoms with E-state index < -0.39 is 10.0 Å². The maximum Gasteiger partial charge on any atom is 0.223 e. The lowest BCUT2D eigenvalue weighted by Gasteiger charge is -2.30. The van der Waals surface area contributed by atoms with Gasteiger partial charge in [-0.2, -0.15) is 0 Å². The van der Waals surface area contributed by atoms with Gasteiger partial charge >= 0.3 is 0 Å². The standard InChI is InChI=1S/C20H22ClFN2O3S/c21-19-7-2-1-5-17(19)14-28(26,27)24-10-8-16(9-11-24)20(25)23-13-15-4-3-6-18(22)12-15/h1-7,12,16H,8-11,13-14H2,(H,23,25). The van der Waals surface area contributed by atoms with E-state index >= 15 is 0 Å². The van der Waals surface area contributed by atoms with Crippen LogP contribution in [-0.2, 0) is 27.1 Å². The van der Waals surface area contributed by atoms with Crippen molar-refractivity contribution in [1.82, 2.24) is 9.62 Å². The molecule has 28 heavy (non-hydrogen) atoms. The Bertz CT molecular complexity index is 944. The van der Waals surface area contributed by atoms with Gasteiger partial charge in [0.1, 0.15) is 5.82 Å². The van der Waals surface area contributed by atoms with Crippen molar-refractivity contribution < 1.29 is 17.6 Å². The Morgan fingerprint density at radius 3 is 2.54 bits per heavy atom. The van der Waals surface area contributed by atoms with Gasteiger partial charge in [-0.15, -0.1) is 0 Å². The van der Waals surface area contributed by atoms with Crippen molar-refractivity contribution in [3.63, 3.8) is 0 Å². The number of hydrogen-bond acceptors (Lipinski definition) is 3. The summed E-state index contributed by atoms with van der Waals surface area (Å²) in [6.07, 6.45) is 0.910. The first kappa shape index (κ1) is 20.8. The molecule has 150 valence electrons. The number of amides is 1. The molecule has 0 radical (unpaired) electrons. The predicted octanol–water partition coefficient (Wildman–Crippen LogP) is 3.34. The second kappa shape index (κ2) is 9.03. The molecule has 1 amide bonds. The molecular formula is C20H22ClFN2O3S. The highest BCUT2D eigenvalue weighted by molar-refractivity contribution is 7.88. The molecule has 8 heteroatoms. The summed E-state index contributed by atoms with van der Waals surface area (Å²) in [4.78, 5) is 12.4. The molecule has 1 aliphatic rings. The number of benzene rings is 2. The normalized spacial score (nSPS) is 16.1. The molecule has 5 nitrogen and oxygen atoms in total. The first-order valence-corrected chi connectivity index (χ1v) is 11.1. The molecule has 1 fully saturated rings. The van der Waals surface area contributed by atoms with Gasteiger partial charge in [0.05, 0.1) is 5.75 Å². The van der Waals surface area contributed by atoms with Crippen LogP contribution < -0.4 is 5.32 Å². The number of nitrogens with zero attached hydrogens (tertiary/aromatic N) is 1. The van der Waals surface area contributed by atoms with Crippen LogP contribution in [0, 0.1) is 11.7 Å². The molecule has 1 heterocycles. The molecule has 0 spiro atoms. The van der Waals surface area contributed by atoms with Crippen molar-refractivity contribution >= 4 is 27.5 Å². The summed E-state index contributed by atoms with van der Waals surface area (Å²) in [5.74, 6) is -0.875. The topological polar surface area (TPSA) is 66.5 Å². The molecule has 0 aromatic heterocycles. The first-order chi connectivity index (χ1) is 13.3. The summed E-state index contributed by atoms with van der Waals surface area (Å²) in [6.45, 7) is 0.845. The molecule has 3 rings (SSSR count). The number of carbonyl (C=O) groups excluding carboxylic acids is 1. The highest BCUT2D eigenvalue weighted by Crippen LogP contribution is 2.24. The van der Waals surface area contributed by atoms with E-state index in [1.807, 2.05) is 0 Å². The van der Waals surface area contributed by atoms with Crippen LogP contribution in [0.25, 0.3) is 0 Å². The summed E-state index contributed by atoms with van der Waals surface area (Å²) >= 11 is 6.07. The van der Waals surface area contributed by atoms with E-state index in [2.05, 4.69) is 5.32 Å². The van der Waals surface area contributed by atoms with Crippen molar-refractivity contribution in [2.75, 3.05) is 13.1 Å². The summed E-state index contributed by atoms with van der Waals surface area (Å²) < 4.78 is 39.9. The fourth-order valence-electron chi connectivity index (χ4n) is 3.28. The zero-order chi connectivity index (χ0) is 20.1. The number of halogens is 2. The minimum absolute atomic E-state index is 0.132. The molecule has 2 aromatic carbocycles. The Morgan fingerprint density at radius 2 is 1.86 bits per heavy atom. The lowest BCUT2D eigenvalue weighted by atomic mass is 9.97. The summed E-state index contributed by atoms with van der Waals surface area (Å²) in [6, 6.07) is 13.0. The van der Waals surface area contributed by atoms with Crippen LogP contribution in [0.3, 0.4) is 0 Å². The molecule has 0 saturated carbocycles. The third-order valence-electron chi connectivity index (χ3n) is 4.87. The highest BCUT2D eigenvalue weighted by Gasteiger charge is 2.31. The average Bonchev–Trinajstić information content (AvgIpc) is 2.68. The van der Waals surface area contributed by atoms with Crippen molar-refractivity contribution in [2.45, 2.75) is 25.1 Å². The van der Waals surface area contributed by atoms with Crippen LogP contribution in [0.4, 0.5) is 4.39 Å². The largest absolute Gasteiger partial charge is 0.352 e. The van der Waals surface area contributed by atoms with Crippen molar-refractivity contribution in [1.29, 1.82) is 0 Å². The molecule has 0 unspecified atom stereocenters. The lowest BCUT2D eigenvalue weighted by Crippen LogP contribution is -2.43. The van der Waals surface area contributed by atoms with Crippen LogP contribution in [-0.4, -0.2) is 31.7 Å². The summed E-state index contributed by atoms with van der Waals surface area (Å²) in [7, 11) is -3.49. The first-order valence-electron chi connectivity index (χ1n) is 9.08. The van der Waals surface area contributed by atoms with Gasteiger partial charge in [0.25, 0.3) is 0 Å². The van der Waals surface area contributed by atoms with Crippen LogP contribution in [0.15, 0.2) is 48.5 Å². The van der Waals surface area contributed by atoms with E-state index in [-0.39, 0.29) is 29.9 Å². The quantitative estimate of drug-likeness (QED) is 0.773. The van der Waals surface area contributed by atoms with E-state index in [0.29, 0.717) is 42.1 Å². The Labute approximate surface area is 169 Å². The second-order valence-electron chi connectivity index (χ2n) is 6.87. The Balaban J connectivity index is 1.52. The van der Waals surface area contributed by atoms with E-state index in [1.54, 1.807) is 36.4 Å². The van der Waals surface area contributed by atoms with Crippen LogP contribution in [0.2, 0.25) is 5.02 Å². The van der Waals surface area contributed by atoms with Crippen LogP contribution in [0.5, 0.6) is 0 Å².